The zero-order valence-electron chi connectivity index (χ0n) is 17.9. The molecule has 10 heteroatoms. The van der Waals surface area contributed by atoms with E-state index in [1.54, 1.807) is 16.8 Å². The Morgan fingerprint density at radius 1 is 1.25 bits per heavy atom. The van der Waals surface area contributed by atoms with Crippen molar-refractivity contribution in [1.29, 1.82) is 0 Å². The van der Waals surface area contributed by atoms with Crippen molar-refractivity contribution in [2.75, 3.05) is 10.6 Å². The molecule has 3 N–H and O–H groups in total. The summed E-state index contributed by atoms with van der Waals surface area (Å²) in [4.78, 5) is 37.6. The highest BCUT2D eigenvalue weighted by Crippen LogP contribution is 2.27. The maximum Gasteiger partial charge on any atom is 0.254 e. The van der Waals surface area contributed by atoms with E-state index in [0.717, 1.165) is 30.7 Å². The Balaban J connectivity index is 1.54. The zero-order valence-corrected chi connectivity index (χ0v) is 17.9. The van der Waals surface area contributed by atoms with Crippen molar-refractivity contribution in [2.24, 2.45) is 0 Å². The number of amides is 2. The van der Waals surface area contributed by atoms with E-state index < -0.39 is 0 Å². The summed E-state index contributed by atoms with van der Waals surface area (Å²) in [5.74, 6) is 0.350. The summed E-state index contributed by atoms with van der Waals surface area (Å²) >= 11 is 0. The van der Waals surface area contributed by atoms with Crippen LogP contribution in [0.3, 0.4) is 0 Å². The first-order chi connectivity index (χ1) is 15.5. The van der Waals surface area contributed by atoms with Gasteiger partial charge in [-0.3, -0.25) is 19.9 Å². The zero-order chi connectivity index (χ0) is 22.2. The van der Waals surface area contributed by atoms with E-state index in [-0.39, 0.29) is 24.3 Å². The van der Waals surface area contributed by atoms with E-state index in [0.29, 0.717) is 34.7 Å². The first-order valence-corrected chi connectivity index (χ1v) is 10.8. The van der Waals surface area contributed by atoms with Gasteiger partial charge in [0, 0.05) is 22.9 Å². The molecule has 5 rings (SSSR count). The third-order valence-corrected chi connectivity index (χ3v) is 5.51. The van der Waals surface area contributed by atoms with Gasteiger partial charge in [-0.1, -0.05) is 13.0 Å². The van der Waals surface area contributed by atoms with Gasteiger partial charge < -0.3 is 10.6 Å². The first-order valence-electron chi connectivity index (χ1n) is 10.8. The Labute approximate surface area is 184 Å². The Morgan fingerprint density at radius 3 is 2.78 bits per heavy atom. The van der Waals surface area contributed by atoms with Crippen LogP contribution in [0.15, 0.2) is 30.0 Å². The van der Waals surface area contributed by atoms with Gasteiger partial charge in [0.05, 0.1) is 24.4 Å². The van der Waals surface area contributed by atoms with Crippen LogP contribution in [-0.4, -0.2) is 42.4 Å². The number of hydrogen-bond donors (Lipinski definition) is 3. The minimum atomic E-state index is -0.380. The smallest absolute Gasteiger partial charge is 0.254 e. The summed E-state index contributed by atoms with van der Waals surface area (Å²) in [5, 5.41) is 13.5. The van der Waals surface area contributed by atoms with Crippen molar-refractivity contribution in [3.63, 3.8) is 0 Å². The molecule has 3 aromatic rings. The van der Waals surface area contributed by atoms with Gasteiger partial charge in [0.1, 0.15) is 0 Å². The van der Waals surface area contributed by atoms with Crippen molar-refractivity contribution in [3.05, 3.63) is 46.9 Å². The van der Waals surface area contributed by atoms with Crippen LogP contribution >= 0.6 is 0 Å². The van der Waals surface area contributed by atoms with Gasteiger partial charge in [-0.15, -0.1) is 0 Å². The molecule has 0 radical (unpaired) electrons. The molecule has 1 saturated heterocycles. The predicted molar refractivity (Wildman–Crippen MR) is 119 cm³/mol. The summed E-state index contributed by atoms with van der Waals surface area (Å²) in [7, 11) is 0. The summed E-state index contributed by atoms with van der Waals surface area (Å²) in [6.07, 6.45) is 6.32. The summed E-state index contributed by atoms with van der Waals surface area (Å²) < 4.78 is 1.64. The lowest BCUT2D eigenvalue weighted by Gasteiger charge is -2.18. The van der Waals surface area contributed by atoms with Gasteiger partial charge >= 0.3 is 0 Å². The third kappa shape index (κ3) is 4.03. The molecular formula is C22H24N8O2. The van der Waals surface area contributed by atoms with Crippen LogP contribution in [0.1, 0.15) is 55.6 Å². The summed E-state index contributed by atoms with van der Waals surface area (Å²) in [6.45, 7) is 4.04. The van der Waals surface area contributed by atoms with Crippen molar-refractivity contribution in [3.8, 4) is 0 Å². The standard InChI is InChI=1S/C22H24N8O2/c1-3-16(17-6-4-5-12(2)24-17)26-21-28-19-14(9-13-10-18(31)27-20(13)32)11-23-30(19)22(29-21)25-15-7-8-15/h4-6,9,11,15-16H,3,7-8,10H2,1-2H3,(H,27,31,32)(H2,25,26,28,29)/b13-9+. The van der Waals surface area contributed by atoms with Gasteiger partial charge in [-0.2, -0.15) is 19.6 Å². The van der Waals surface area contributed by atoms with Crippen LogP contribution in [0.25, 0.3) is 11.7 Å². The highest BCUT2D eigenvalue weighted by molar-refractivity contribution is 6.15. The lowest BCUT2D eigenvalue weighted by molar-refractivity contribution is -0.124. The normalized spacial score (nSPS) is 18.2. The van der Waals surface area contributed by atoms with E-state index in [1.165, 1.54) is 0 Å². The van der Waals surface area contributed by atoms with Crippen LogP contribution in [0.4, 0.5) is 11.9 Å². The molecule has 0 aromatic carbocycles. The van der Waals surface area contributed by atoms with Crippen molar-refractivity contribution in [1.82, 2.24) is 29.9 Å². The number of carbonyl (C=O) groups is 2. The van der Waals surface area contributed by atoms with Crippen molar-refractivity contribution < 1.29 is 9.59 Å². The van der Waals surface area contributed by atoms with E-state index >= 15 is 0 Å². The van der Waals surface area contributed by atoms with Gasteiger partial charge in [0.2, 0.25) is 17.8 Å². The number of nitrogens with one attached hydrogen (secondary N) is 3. The van der Waals surface area contributed by atoms with Gasteiger partial charge in [0.25, 0.3) is 5.91 Å². The average molecular weight is 432 g/mol. The molecular weight excluding hydrogens is 408 g/mol. The molecule has 1 aliphatic heterocycles. The Hall–Kier alpha value is -3.82. The van der Waals surface area contributed by atoms with Gasteiger partial charge in [-0.25, -0.2) is 0 Å². The average Bonchev–Trinajstić information content (AvgIpc) is 3.40. The van der Waals surface area contributed by atoms with Crippen LogP contribution < -0.4 is 16.0 Å². The molecule has 1 unspecified atom stereocenters. The van der Waals surface area contributed by atoms with Gasteiger partial charge in [-0.05, 0) is 44.4 Å². The Kier molecular flexibility index (Phi) is 5.04. The number of fused-ring (bicyclic) bond motifs is 1. The molecule has 2 amide bonds. The number of carbonyl (C=O) groups excluding carboxylic acids is 2. The maximum absolute atomic E-state index is 12.0. The van der Waals surface area contributed by atoms with E-state index in [1.807, 2.05) is 25.1 Å². The Bertz CT molecular complexity index is 1240. The fraction of sp³-hybridized carbons (Fsp3) is 0.364. The molecule has 2 fully saturated rings. The number of rotatable bonds is 7. The first kappa shape index (κ1) is 20.1. The van der Waals surface area contributed by atoms with E-state index in [9.17, 15) is 9.59 Å². The molecule has 2 aliphatic rings. The molecule has 1 atom stereocenters. The number of nitrogens with zero attached hydrogens (tertiary/aromatic N) is 5. The molecule has 32 heavy (non-hydrogen) atoms. The summed E-state index contributed by atoms with van der Waals surface area (Å²) in [5.41, 5.74) is 3.47. The second kappa shape index (κ2) is 8.03. The number of aryl methyl sites for hydroxylation is 1. The summed E-state index contributed by atoms with van der Waals surface area (Å²) in [6, 6.07) is 6.24. The number of hydrogen-bond acceptors (Lipinski definition) is 8. The molecule has 1 saturated carbocycles. The molecule has 10 nitrogen and oxygen atoms in total. The number of pyridine rings is 1. The number of anilines is 2. The maximum atomic E-state index is 12.0. The molecule has 1 aliphatic carbocycles. The second-order valence-electron chi connectivity index (χ2n) is 8.16. The van der Waals surface area contributed by atoms with E-state index in [2.05, 4.69) is 37.9 Å². The van der Waals surface area contributed by atoms with Crippen molar-refractivity contribution in [2.45, 2.75) is 51.6 Å². The van der Waals surface area contributed by atoms with Crippen LogP contribution in [0.2, 0.25) is 0 Å². The molecule has 164 valence electrons. The lowest BCUT2D eigenvalue weighted by Crippen LogP contribution is -2.19. The molecule has 0 spiro atoms. The number of imide groups is 1. The third-order valence-electron chi connectivity index (χ3n) is 5.51. The fourth-order valence-corrected chi connectivity index (χ4v) is 3.67. The topological polar surface area (TPSA) is 126 Å². The fourth-order valence-electron chi connectivity index (χ4n) is 3.67. The molecule has 4 heterocycles. The molecule has 0 bridgehead atoms. The van der Waals surface area contributed by atoms with Gasteiger partial charge in [0.15, 0.2) is 5.65 Å². The Morgan fingerprint density at radius 2 is 2.09 bits per heavy atom. The van der Waals surface area contributed by atoms with Crippen molar-refractivity contribution >= 4 is 35.4 Å². The largest absolute Gasteiger partial charge is 0.351 e. The predicted octanol–water partition coefficient (Wildman–Crippen LogP) is 2.40. The monoisotopic (exact) mass is 432 g/mol. The molecule has 3 aromatic heterocycles. The minimum absolute atomic E-state index is 0.0521. The number of aromatic nitrogens is 5. The highest BCUT2D eigenvalue weighted by atomic mass is 16.2. The SMILES string of the molecule is CCC(Nc1nc(NC2CC2)n2ncc(/C=C3\CC(=O)NC3=O)c2n1)c1cccc(C)n1. The highest BCUT2D eigenvalue weighted by Gasteiger charge is 2.26. The van der Waals surface area contributed by atoms with Crippen LogP contribution in [-0.2, 0) is 9.59 Å². The van der Waals surface area contributed by atoms with E-state index in [4.69, 9.17) is 4.98 Å². The minimum Gasteiger partial charge on any atom is -0.351 e. The second-order valence-corrected chi connectivity index (χ2v) is 8.16. The van der Waals surface area contributed by atoms with Crippen LogP contribution in [0.5, 0.6) is 0 Å². The lowest BCUT2D eigenvalue weighted by atomic mass is 10.1. The van der Waals surface area contributed by atoms with Crippen LogP contribution in [0, 0.1) is 6.92 Å². The quantitative estimate of drug-likeness (QED) is 0.384.